The second-order valence-electron chi connectivity index (χ2n) is 0.963. The summed E-state index contributed by atoms with van der Waals surface area (Å²) in [4.78, 5) is 10.1. The molecule has 5 heteroatoms. The van der Waals surface area contributed by atoms with E-state index >= 15 is 0 Å². The van der Waals surface area contributed by atoms with Crippen LogP contribution in [-0.4, -0.2) is 21.5 Å². The average Bonchev–Trinajstić information content (AvgIpc) is 1.68. The average molecular weight is 160 g/mol. The SMILES string of the molecule is C[SiH2]OC(=O)CS.[H-].[Na+]. The molecule has 0 atom stereocenters. The number of rotatable bonds is 2. The number of hydrogen-bond donors (Lipinski definition) is 1. The molecule has 0 radical (unpaired) electrons. The molecule has 8 heavy (non-hydrogen) atoms. The topological polar surface area (TPSA) is 26.3 Å². The van der Waals surface area contributed by atoms with Gasteiger partial charge in [0.05, 0.1) is 5.75 Å². The molecule has 0 heterocycles. The first-order chi connectivity index (χ1) is 3.31. The normalized spacial score (nSPS) is 8.75. The molecular weight excluding hydrogens is 151 g/mol. The van der Waals surface area contributed by atoms with Gasteiger partial charge in [0.15, 0.2) is 0 Å². The molecule has 0 aromatic heterocycles. The predicted molar refractivity (Wildman–Crippen MR) is 35.5 cm³/mol. The van der Waals surface area contributed by atoms with Gasteiger partial charge in [0.2, 0.25) is 9.76 Å². The van der Waals surface area contributed by atoms with Gasteiger partial charge in [-0.25, -0.2) is 0 Å². The first-order valence-electron chi connectivity index (χ1n) is 2.07. The van der Waals surface area contributed by atoms with Gasteiger partial charge in [0.25, 0.3) is 0 Å². The van der Waals surface area contributed by atoms with Gasteiger partial charge in [-0.1, -0.05) is 0 Å². The van der Waals surface area contributed by atoms with Gasteiger partial charge in [0.1, 0.15) is 0 Å². The van der Waals surface area contributed by atoms with E-state index in [0.29, 0.717) is 0 Å². The zero-order valence-electron chi connectivity index (χ0n) is 6.18. The molecule has 0 bridgehead atoms. The van der Waals surface area contributed by atoms with Crippen molar-refractivity contribution in [2.45, 2.75) is 6.55 Å². The van der Waals surface area contributed by atoms with Crippen molar-refractivity contribution in [1.29, 1.82) is 0 Å². The maximum Gasteiger partial charge on any atom is 1.00 e. The summed E-state index contributed by atoms with van der Waals surface area (Å²) in [7, 11) is -0.543. The third-order valence-corrected chi connectivity index (χ3v) is 1.30. The van der Waals surface area contributed by atoms with Gasteiger partial charge in [-0.2, -0.15) is 12.6 Å². The summed E-state index contributed by atoms with van der Waals surface area (Å²) in [6, 6.07) is 0. The number of carbonyl (C=O) groups excluding carboxylic acids is 1. The quantitative estimate of drug-likeness (QED) is 0.338. The molecule has 0 saturated heterocycles. The van der Waals surface area contributed by atoms with Crippen molar-refractivity contribution in [3.63, 3.8) is 0 Å². The molecule has 0 fully saturated rings. The van der Waals surface area contributed by atoms with Crippen LogP contribution in [0.25, 0.3) is 0 Å². The Balaban J connectivity index is -0.000000180. The number of hydrogen-bond acceptors (Lipinski definition) is 3. The Bertz CT molecular complexity index is 74.8. The Morgan fingerprint density at radius 1 is 2.00 bits per heavy atom. The number of carbonyl (C=O) groups is 1. The van der Waals surface area contributed by atoms with E-state index in [1.165, 1.54) is 0 Å². The van der Waals surface area contributed by atoms with E-state index in [-0.39, 0.29) is 42.7 Å². The van der Waals surface area contributed by atoms with Crippen LogP contribution >= 0.6 is 12.6 Å². The number of thiol groups is 1. The second-order valence-corrected chi connectivity index (χ2v) is 2.15. The van der Waals surface area contributed by atoms with Crippen molar-refractivity contribution >= 4 is 28.4 Å². The Labute approximate surface area is 80.5 Å². The second kappa shape index (κ2) is 8.04. The van der Waals surface area contributed by atoms with Gasteiger partial charge in [-0.15, -0.1) is 0 Å². The Morgan fingerprint density at radius 3 is 2.62 bits per heavy atom. The molecule has 0 saturated carbocycles. The molecule has 0 rings (SSSR count). The molecule has 0 aromatic carbocycles. The van der Waals surface area contributed by atoms with Crippen LogP contribution in [0.5, 0.6) is 0 Å². The van der Waals surface area contributed by atoms with E-state index in [4.69, 9.17) is 0 Å². The van der Waals surface area contributed by atoms with Gasteiger partial charge < -0.3 is 5.85 Å². The zero-order valence-corrected chi connectivity index (χ0v) is 9.49. The summed E-state index contributed by atoms with van der Waals surface area (Å²) < 4.78 is 4.61. The van der Waals surface area contributed by atoms with Crippen molar-refractivity contribution in [2.75, 3.05) is 5.75 Å². The molecule has 0 aliphatic heterocycles. The Kier molecular flexibility index (Phi) is 11.8. The fraction of sp³-hybridized carbons (Fsp3) is 0.667. The van der Waals surface area contributed by atoms with Gasteiger partial charge in [-0.3, -0.25) is 4.79 Å². The van der Waals surface area contributed by atoms with E-state index in [9.17, 15) is 4.79 Å². The molecule has 0 N–H and O–H groups in total. The third-order valence-electron chi connectivity index (χ3n) is 0.434. The molecule has 0 spiro atoms. The molecule has 0 unspecified atom stereocenters. The van der Waals surface area contributed by atoms with E-state index in [0.717, 1.165) is 0 Å². The fourth-order valence-corrected chi connectivity index (χ4v) is 0.894. The Morgan fingerprint density at radius 2 is 2.50 bits per heavy atom. The fourth-order valence-electron chi connectivity index (χ4n) is 0.207. The van der Waals surface area contributed by atoms with E-state index in [2.05, 4.69) is 17.1 Å². The van der Waals surface area contributed by atoms with E-state index < -0.39 is 9.76 Å². The first kappa shape index (κ1) is 11.8. The summed E-state index contributed by atoms with van der Waals surface area (Å²) in [6.07, 6.45) is 0. The standard InChI is InChI=1S/C3H8O2SSi.Na.H/c1-7-5-3(4)2-6;;/h6H,2,7H2,1H3;;/q;+1;-1. The van der Waals surface area contributed by atoms with Crippen molar-refractivity contribution in [3.05, 3.63) is 0 Å². The minimum absolute atomic E-state index is 0. The smallest absolute Gasteiger partial charge is 1.00 e. The summed E-state index contributed by atoms with van der Waals surface area (Å²) in [5, 5.41) is 0. The van der Waals surface area contributed by atoms with Crippen molar-refractivity contribution in [3.8, 4) is 0 Å². The summed E-state index contributed by atoms with van der Waals surface area (Å²) in [5.74, 6) is 0.0124. The monoisotopic (exact) mass is 160 g/mol. The van der Waals surface area contributed by atoms with Crippen molar-refractivity contribution in [2.24, 2.45) is 0 Å². The molecule has 0 aromatic rings. The molecular formula is C3H9NaO2SSi. The van der Waals surface area contributed by atoms with E-state index in [1.54, 1.807) is 0 Å². The van der Waals surface area contributed by atoms with Crippen molar-refractivity contribution in [1.82, 2.24) is 0 Å². The van der Waals surface area contributed by atoms with Crippen LogP contribution in [0.2, 0.25) is 6.55 Å². The maximum atomic E-state index is 10.1. The Hall–Kier alpha value is 1.04. The molecule has 0 aliphatic carbocycles. The van der Waals surface area contributed by atoms with Crippen LogP contribution < -0.4 is 29.6 Å². The molecule has 0 amide bonds. The zero-order chi connectivity index (χ0) is 5.70. The molecule has 0 aliphatic rings. The molecule has 2 nitrogen and oxygen atoms in total. The van der Waals surface area contributed by atoms with Gasteiger partial charge in [-0.05, 0) is 6.55 Å². The maximum absolute atomic E-state index is 10.1. The van der Waals surface area contributed by atoms with Gasteiger partial charge >= 0.3 is 35.5 Å². The predicted octanol–water partition coefficient (Wildman–Crippen LogP) is -3.29. The minimum atomic E-state index is -0.543. The molecule has 44 valence electrons. The summed E-state index contributed by atoms with van der Waals surface area (Å²) >= 11 is 3.70. The van der Waals surface area contributed by atoms with Crippen LogP contribution in [0.1, 0.15) is 1.43 Å². The van der Waals surface area contributed by atoms with Crippen LogP contribution in [0, 0.1) is 0 Å². The largest absolute Gasteiger partial charge is 1.00 e. The first-order valence-corrected chi connectivity index (χ1v) is 4.70. The van der Waals surface area contributed by atoms with Crippen LogP contribution in [-0.2, 0) is 9.22 Å². The van der Waals surface area contributed by atoms with Crippen LogP contribution in [0.4, 0.5) is 0 Å². The van der Waals surface area contributed by atoms with Crippen LogP contribution in [0.3, 0.4) is 0 Å². The summed E-state index contributed by atoms with van der Waals surface area (Å²) in [6.45, 7) is 1.90. The van der Waals surface area contributed by atoms with E-state index in [1.807, 2.05) is 6.55 Å². The minimum Gasteiger partial charge on any atom is -1.00 e. The summed E-state index contributed by atoms with van der Waals surface area (Å²) in [5.41, 5.74) is 0. The van der Waals surface area contributed by atoms with Gasteiger partial charge in [0, 0.05) is 0 Å². The van der Waals surface area contributed by atoms with Crippen molar-refractivity contribution < 1.29 is 40.2 Å². The van der Waals surface area contributed by atoms with Crippen LogP contribution in [0.15, 0.2) is 0 Å². The third kappa shape index (κ3) is 7.04.